The molecule has 0 radical (unpaired) electrons. The molecule has 0 aromatic rings. The zero-order valence-electron chi connectivity index (χ0n) is 9.08. The van der Waals surface area contributed by atoms with Crippen molar-refractivity contribution in [1.82, 2.24) is 0 Å². The number of methoxy groups -OCH3 is 1. The zero-order valence-corrected chi connectivity index (χ0v) is 10.7. The molecule has 0 saturated carbocycles. The third-order valence-corrected chi connectivity index (χ3v) is 2.24. The summed E-state index contributed by atoms with van der Waals surface area (Å²) in [5, 5.41) is 9.28. The third-order valence-electron chi connectivity index (χ3n) is 1.61. The van der Waals surface area contributed by atoms with Gasteiger partial charge in [-0.1, -0.05) is 19.9 Å². The van der Waals surface area contributed by atoms with Gasteiger partial charge in [-0.2, -0.15) is 0 Å². The van der Waals surface area contributed by atoms with Gasteiger partial charge in [-0.3, -0.25) is 0 Å². The van der Waals surface area contributed by atoms with Crippen molar-refractivity contribution < 1.29 is 14.6 Å². The minimum Gasteiger partial charge on any atom is -0.507 e. The molecular formula is C11H15BrO3. The molecule has 0 atom stereocenters. The van der Waals surface area contributed by atoms with E-state index in [9.17, 15) is 9.90 Å². The number of hydrogen-bond acceptors (Lipinski definition) is 3. The van der Waals surface area contributed by atoms with Gasteiger partial charge in [0.25, 0.3) is 0 Å². The Kier molecular flexibility index (Phi) is 6.79. The topological polar surface area (TPSA) is 46.5 Å². The van der Waals surface area contributed by atoms with Crippen molar-refractivity contribution in [3.63, 3.8) is 0 Å². The number of halogens is 1. The molecule has 0 amide bonds. The lowest BCUT2D eigenvalue weighted by atomic mass is 10.2. The van der Waals surface area contributed by atoms with Gasteiger partial charge < -0.3 is 9.84 Å². The summed E-state index contributed by atoms with van der Waals surface area (Å²) in [4.78, 5) is 11.1. The largest absolute Gasteiger partial charge is 0.507 e. The summed E-state index contributed by atoms with van der Waals surface area (Å²) in [6.45, 7) is 4.00. The second-order valence-electron chi connectivity index (χ2n) is 2.50. The summed E-state index contributed by atoms with van der Waals surface area (Å²) in [7, 11) is 1.33. The van der Waals surface area contributed by atoms with Gasteiger partial charge in [0.2, 0.25) is 0 Å². The van der Waals surface area contributed by atoms with E-state index in [0.717, 1.165) is 0 Å². The lowest BCUT2D eigenvalue weighted by molar-refractivity contribution is -0.136. The molecule has 1 N–H and O–H groups in total. The molecule has 0 saturated heterocycles. The van der Waals surface area contributed by atoms with Crippen LogP contribution in [-0.2, 0) is 9.53 Å². The van der Waals surface area contributed by atoms with Crippen molar-refractivity contribution in [3.05, 3.63) is 34.0 Å². The first-order chi connectivity index (χ1) is 7.15. The lowest BCUT2D eigenvalue weighted by Crippen LogP contribution is -2.03. The molecule has 3 nitrogen and oxygen atoms in total. The van der Waals surface area contributed by atoms with E-state index in [4.69, 9.17) is 0 Å². The summed E-state index contributed by atoms with van der Waals surface area (Å²) in [6, 6.07) is 0. The Morgan fingerprint density at radius 1 is 1.53 bits per heavy atom. The van der Waals surface area contributed by atoms with E-state index in [1.807, 2.05) is 13.8 Å². The highest BCUT2D eigenvalue weighted by atomic mass is 79.9. The molecule has 0 aromatic heterocycles. The van der Waals surface area contributed by atoms with E-state index in [1.54, 1.807) is 12.2 Å². The van der Waals surface area contributed by atoms with Crippen LogP contribution >= 0.6 is 15.9 Å². The summed E-state index contributed by atoms with van der Waals surface area (Å²) < 4.78 is 5.05. The first-order valence-corrected chi connectivity index (χ1v) is 5.48. The van der Waals surface area contributed by atoms with Crippen molar-refractivity contribution in [1.29, 1.82) is 0 Å². The van der Waals surface area contributed by atoms with Crippen LogP contribution in [-0.4, -0.2) is 18.2 Å². The Hall–Kier alpha value is -1.03. The average Bonchev–Trinajstić information content (AvgIpc) is 2.44. The first-order valence-electron chi connectivity index (χ1n) is 4.69. The highest BCUT2D eigenvalue weighted by Gasteiger charge is 2.11. The molecule has 0 unspecified atom stereocenters. The lowest BCUT2D eigenvalue weighted by Gasteiger charge is -2.00. The van der Waals surface area contributed by atoms with Crippen molar-refractivity contribution >= 4 is 21.9 Å². The van der Waals surface area contributed by atoms with Gasteiger partial charge >= 0.3 is 5.97 Å². The number of esters is 1. The molecule has 0 heterocycles. The normalized spacial score (nSPS) is 14.8. The molecular weight excluding hydrogens is 260 g/mol. The number of ether oxygens (including phenoxy) is 1. The predicted octanol–water partition coefficient (Wildman–Crippen LogP) is 3.24. The fraction of sp³-hybridized carbons (Fsp3) is 0.364. The molecule has 0 aromatic carbocycles. The van der Waals surface area contributed by atoms with Crippen molar-refractivity contribution in [3.8, 4) is 0 Å². The van der Waals surface area contributed by atoms with Crippen LogP contribution in [0.4, 0.5) is 0 Å². The summed E-state index contributed by atoms with van der Waals surface area (Å²) >= 11 is 3.14. The highest BCUT2D eigenvalue weighted by molar-refractivity contribution is 9.11. The van der Waals surface area contributed by atoms with Crippen LogP contribution in [0.1, 0.15) is 20.3 Å². The Labute approximate surface area is 98.3 Å². The standard InChI is InChI=1S/C9H9BrO3.C2H6/c1-13-9(12)6-3-2-4-8(11)7(10)5-6;1-2/h2,4-5,11H,3H2,1H3;1-2H3. The average molecular weight is 275 g/mol. The predicted molar refractivity (Wildman–Crippen MR) is 63.8 cm³/mol. The monoisotopic (exact) mass is 274 g/mol. The number of aliphatic hydroxyl groups excluding tert-OH is 1. The minimum absolute atomic E-state index is 0.110. The Balaban J connectivity index is 0.000000921. The smallest absolute Gasteiger partial charge is 0.334 e. The SMILES string of the molecule is CC.COC(=O)C1=CC(Br)=C(O)C=CC1. The molecule has 15 heavy (non-hydrogen) atoms. The van der Waals surface area contributed by atoms with Gasteiger partial charge in [0.05, 0.1) is 11.6 Å². The number of hydrogen-bond donors (Lipinski definition) is 1. The maximum Gasteiger partial charge on any atom is 0.334 e. The molecule has 84 valence electrons. The summed E-state index contributed by atoms with van der Waals surface area (Å²) in [6.07, 6.45) is 5.26. The van der Waals surface area contributed by atoms with E-state index in [1.165, 1.54) is 13.2 Å². The van der Waals surface area contributed by atoms with E-state index in [0.29, 0.717) is 16.5 Å². The van der Waals surface area contributed by atoms with E-state index in [-0.39, 0.29) is 11.7 Å². The molecule has 0 bridgehead atoms. The second-order valence-corrected chi connectivity index (χ2v) is 3.36. The summed E-state index contributed by atoms with van der Waals surface area (Å²) in [5.74, 6) is -0.268. The van der Waals surface area contributed by atoms with Crippen LogP contribution < -0.4 is 0 Å². The van der Waals surface area contributed by atoms with Crippen LogP contribution in [0.2, 0.25) is 0 Å². The molecule has 0 aliphatic heterocycles. The van der Waals surface area contributed by atoms with Crippen molar-refractivity contribution in [2.45, 2.75) is 20.3 Å². The number of carbonyl (C=O) groups excluding carboxylic acids is 1. The van der Waals surface area contributed by atoms with Crippen LogP contribution in [0, 0.1) is 0 Å². The number of rotatable bonds is 1. The van der Waals surface area contributed by atoms with Gasteiger partial charge in [0, 0.05) is 5.57 Å². The summed E-state index contributed by atoms with van der Waals surface area (Å²) in [5.41, 5.74) is 0.509. The Morgan fingerprint density at radius 2 is 2.13 bits per heavy atom. The van der Waals surface area contributed by atoms with Crippen LogP contribution in [0.25, 0.3) is 0 Å². The fourth-order valence-corrected chi connectivity index (χ4v) is 1.34. The molecule has 0 fully saturated rings. The number of allylic oxidation sites excluding steroid dienone is 4. The van der Waals surface area contributed by atoms with Crippen molar-refractivity contribution in [2.24, 2.45) is 0 Å². The van der Waals surface area contributed by atoms with E-state index in [2.05, 4.69) is 20.7 Å². The van der Waals surface area contributed by atoms with E-state index >= 15 is 0 Å². The third kappa shape index (κ3) is 4.34. The molecule has 0 spiro atoms. The van der Waals surface area contributed by atoms with E-state index < -0.39 is 0 Å². The maximum atomic E-state index is 11.1. The number of aliphatic hydroxyl groups is 1. The minimum atomic E-state index is -0.378. The number of carbonyl (C=O) groups is 1. The van der Waals surface area contributed by atoms with Gasteiger partial charge in [0.15, 0.2) is 0 Å². The van der Waals surface area contributed by atoms with Gasteiger partial charge in [-0.15, -0.1) is 0 Å². The molecule has 4 heteroatoms. The van der Waals surface area contributed by atoms with Crippen LogP contribution in [0.15, 0.2) is 34.0 Å². The first kappa shape index (κ1) is 14.0. The van der Waals surface area contributed by atoms with Crippen LogP contribution in [0.5, 0.6) is 0 Å². The quantitative estimate of drug-likeness (QED) is 0.747. The molecule has 1 aliphatic rings. The zero-order chi connectivity index (χ0) is 11.8. The van der Waals surface area contributed by atoms with Gasteiger partial charge in [-0.25, -0.2) is 4.79 Å². The second kappa shape index (κ2) is 7.29. The van der Waals surface area contributed by atoms with Gasteiger partial charge in [0.1, 0.15) is 5.76 Å². The van der Waals surface area contributed by atoms with Crippen LogP contribution in [0.3, 0.4) is 0 Å². The fourth-order valence-electron chi connectivity index (χ4n) is 0.936. The maximum absolute atomic E-state index is 11.1. The highest BCUT2D eigenvalue weighted by Crippen LogP contribution is 2.21. The Morgan fingerprint density at radius 3 is 2.67 bits per heavy atom. The Bertz CT molecular complexity index is 314. The van der Waals surface area contributed by atoms with Crippen molar-refractivity contribution in [2.75, 3.05) is 7.11 Å². The van der Waals surface area contributed by atoms with Gasteiger partial charge in [-0.05, 0) is 34.5 Å². The molecule has 1 rings (SSSR count). The molecule has 1 aliphatic carbocycles.